The zero-order chi connectivity index (χ0) is 38.3. The summed E-state index contributed by atoms with van der Waals surface area (Å²) in [6.45, 7) is 18.6. The van der Waals surface area contributed by atoms with E-state index in [1.165, 1.54) is 0 Å². The highest BCUT2D eigenvalue weighted by Gasteiger charge is 2.41. The highest BCUT2D eigenvalue weighted by atomic mass is 28.3. The summed E-state index contributed by atoms with van der Waals surface area (Å²) in [5.74, 6) is 4.28. The van der Waals surface area contributed by atoms with Crippen molar-refractivity contribution in [2.24, 2.45) is 5.11 Å². The minimum absolute atomic E-state index is 0.0952. The third kappa shape index (κ3) is 13.0. The van der Waals surface area contributed by atoms with Gasteiger partial charge in [0.2, 0.25) is 0 Å². The molecular weight excluding hydrogens is 675 g/mol. The maximum absolute atomic E-state index is 11.9. The van der Waals surface area contributed by atoms with Crippen LogP contribution >= 0.6 is 0 Å². The van der Waals surface area contributed by atoms with Crippen molar-refractivity contribution in [2.45, 2.75) is 77.8 Å². The number of rotatable bonds is 13. The van der Waals surface area contributed by atoms with E-state index in [0.29, 0.717) is 93.5 Å². The molecule has 0 saturated carbocycles. The SMILES string of the molecule is C#Cc1cccc(CN2CCN(CC(=O)O)CCN(Cc3cc(C#C[Si](C(C)C)(C(C)C)C(C)C)cc(CN=[N+]=[N-])n3)CCN(CC(=O)O)CC2)n1. The van der Waals surface area contributed by atoms with Gasteiger partial charge in [0.15, 0.2) is 0 Å². The second kappa shape index (κ2) is 20.7. The summed E-state index contributed by atoms with van der Waals surface area (Å²) in [4.78, 5) is 44.4. The first-order valence-corrected chi connectivity index (χ1v) is 20.3. The molecule has 0 atom stereocenters. The van der Waals surface area contributed by atoms with Gasteiger partial charge >= 0.3 is 11.9 Å². The summed E-state index contributed by atoms with van der Waals surface area (Å²) in [6, 6.07) is 9.43. The zero-order valence-electron chi connectivity index (χ0n) is 31.6. The molecule has 0 unspecified atom stereocenters. The minimum Gasteiger partial charge on any atom is -0.480 e. The Hall–Kier alpha value is -4.27. The smallest absolute Gasteiger partial charge is 0.317 e. The van der Waals surface area contributed by atoms with Crippen LogP contribution in [0.4, 0.5) is 0 Å². The topological polar surface area (TPSA) is 162 Å². The number of aromatic nitrogens is 2. The van der Waals surface area contributed by atoms with E-state index in [0.717, 1.165) is 17.0 Å². The second-order valence-electron chi connectivity index (χ2n) is 14.4. The Bertz CT molecular complexity index is 1610. The lowest BCUT2D eigenvalue weighted by Gasteiger charge is -2.38. The molecule has 2 aromatic rings. The number of nitrogens with zero attached hydrogens (tertiary/aromatic N) is 9. The molecule has 1 saturated heterocycles. The summed E-state index contributed by atoms with van der Waals surface area (Å²) in [5.41, 5.74) is 17.8. The number of pyridine rings is 2. The van der Waals surface area contributed by atoms with Gasteiger partial charge in [-0.1, -0.05) is 64.6 Å². The van der Waals surface area contributed by atoms with E-state index in [1.54, 1.807) is 6.07 Å². The average molecular weight is 730 g/mol. The first-order valence-electron chi connectivity index (χ1n) is 18.0. The van der Waals surface area contributed by atoms with Crippen LogP contribution in [0.25, 0.3) is 10.4 Å². The van der Waals surface area contributed by atoms with Gasteiger partial charge in [-0.15, -0.1) is 12.0 Å². The Balaban J connectivity index is 1.94. The molecule has 0 radical (unpaired) electrons. The number of carbonyl (C=O) groups is 2. The van der Waals surface area contributed by atoms with Crippen LogP contribution in [0.3, 0.4) is 0 Å². The van der Waals surface area contributed by atoms with Gasteiger partial charge in [0.1, 0.15) is 13.8 Å². The van der Waals surface area contributed by atoms with Crippen molar-refractivity contribution < 1.29 is 19.8 Å². The molecule has 52 heavy (non-hydrogen) atoms. The molecule has 13 nitrogen and oxygen atoms in total. The van der Waals surface area contributed by atoms with E-state index in [1.807, 2.05) is 34.1 Å². The molecule has 0 amide bonds. The van der Waals surface area contributed by atoms with Crippen LogP contribution in [0.5, 0.6) is 0 Å². The molecule has 2 aromatic heterocycles. The Morgan fingerprint density at radius 1 is 0.808 bits per heavy atom. The Morgan fingerprint density at radius 3 is 1.75 bits per heavy atom. The molecule has 1 aliphatic heterocycles. The molecule has 1 aliphatic rings. The van der Waals surface area contributed by atoms with Crippen LogP contribution in [0.2, 0.25) is 16.6 Å². The highest BCUT2D eigenvalue weighted by molar-refractivity contribution is 6.90. The fraction of sp³-hybridized carbons (Fsp3) is 0.579. The number of carboxylic acid groups (broad SMARTS) is 2. The van der Waals surface area contributed by atoms with Gasteiger partial charge in [0.25, 0.3) is 0 Å². The lowest BCUT2D eigenvalue weighted by atomic mass is 10.2. The second-order valence-corrected chi connectivity index (χ2v) is 20.0. The number of hydrogen-bond acceptors (Lipinski definition) is 9. The molecule has 3 rings (SSSR count). The van der Waals surface area contributed by atoms with E-state index in [2.05, 4.69) is 83.7 Å². The summed E-state index contributed by atoms with van der Waals surface area (Å²) < 4.78 is 0. The molecule has 2 N–H and O–H groups in total. The lowest BCUT2D eigenvalue weighted by molar-refractivity contribution is -0.139. The van der Waals surface area contributed by atoms with Crippen LogP contribution in [-0.4, -0.2) is 125 Å². The van der Waals surface area contributed by atoms with Crippen LogP contribution in [-0.2, 0) is 29.2 Å². The van der Waals surface area contributed by atoms with E-state index >= 15 is 0 Å². The first-order chi connectivity index (χ1) is 24.7. The summed E-state index contributed by atoms with van der Waals surface area (Å²) in [6.07, 6.45) is 5.57. The molecule has 0 bridgehead atoms. The summed E-state index contributed by atoms with van der Waals surface area (Å²) in [5, 5.41) is 23.3. The number of aliphatic carboxylic acids is 2. The quantitative estimate of drug-likeness (QED) is 0.0951. The first kappa shape index (κ1) is 42.1. The monoisotopic (exact) mass is 729 g/mol. The number of terminal acetylenes is 1. The maximum Gasteiger partial charge on any atom is 0.317 e. The number of azide groups is 1. The fourth-order valence-corrected chi connectivity index (χ4v) is 12.5. The minimum atomic E-state index is -2.01. The van der Waals surface area contributed by atoms with Crippen molar-refractivity contribution in [3.63, 3.8) is 0 Å². The Labute approximate surface area is 310 Å². The third-order valence-corrected chi connectivity index (χ3v) is 16.2. The predicted octanol–water partition coefficient (Wildman–Crippen LogP) is 4.93. The van der Waals surface area contributed by atoms with Gasteiger partial charge in [-0.25, -0.2) is 4.98 Å². The normalized spacial score (nSPS) is 16.0. The maximum atomic E-state index is 11.9. The standard InChI is InChI=1S/C38H55N9O4Si/c1-8-33-10-9-11-34(41-33)25-44-13-17-46(27-37(48)49)19-15-45(16-20-47(18-14-44)28-38(50)51)26-36-23-32(22-35(42-36)24-40-43-39)12-21-52(29(2)3,30(4)5)31(6)7/h1,9-11,22-23,29-31H,13-20,24-28H2,2-7H3,(H,48,49)(H,50,51). The molecule has 1 fully saturated rings. The van der Waals surface area contributed by atoms with Crippen LogP contribution in [0, 0.1) is 23.8 Å². The van der Waals surface area contributed by atoms with Gasteiger partial charge in [0.05, 0.1) is 31.0 Å². The molecule has 0 aliphatic carbocycles. The van der Waals surface area contributed by atoms with Crippen molar-refractivity contribution in [1.82, 2.24) is 29.6 Å². The van der Waals surface area contributed by atoms with Gasteiger partial charge in [-0.3, -0.25) is 34.2 Å². The Morgan fingerprint density at radius 2 is 1.29 bits per heavy atom. The van der Waals surface area contributed by atoms with E-state index in [-0.39, 0.29) is 19.6 Å². The third-order valence-electron chi connectivity index (χ3n) is 9.89. The Kier molecular flexibility index (Phi) is 16.8. The van der Waals surface area contributed by atoms with Gasteiger partial charge in [-0.2, -0.15) is 0 Å². The van der Waals surface area contributed by atoms with Gasteiger partial charge in [-0.05, 0) is 46.4 Å². The van der Waals surface area contributed by atoms with Crippen molar-refractivity contribution in [3.8, 4) is 23.8 Å². The molecular formula is C38H55N9O4Si. The van der Waals surface area contributed by atoms with Crippen molar-refractivity contribution in [2.75, 3.05) is 65.4 Å². The molecule has 280 valence electrons. The molecule has 3 heterocycles. The van der Waals surface area contributed by atoms with Crippen molar-refractivity contribution in [1.29, 1.82) is 0 Å². The fourth-order valence-electron chi connectivity index (χ4n) is 7.30. The number of hydrogen-bond donors (Lipinski definition) is 2. The summed E-state index contributed by atoms with van der Waals surface area (Å²) >= 11 is 0. The van der Waals surface area contributed by atoms with Crippen LogP contribution in [0.15, 0.2) is 35.4 Å². The average Bonchev–Trinajstić information content (AvgIpc) is 3.07. The molecule has 0 aromatic carbocycles. The van der Waals surface area contributed by atoms with E-state index < -0.39 is 20.0 Å². The van der Waals surface area contributed by atoms with Crippen LogP contribution in [0.1, 0.15) is 69.9 Å². The van der Waals surface area contributed by atoms with Gasteiger partial charge in [0, 0.05) is 81.6 Å². The van der Waals surface area contributed by atoms with Crippen molar-refractivity contribution >= 4 is 20.0 Å². The predicted molar refractivity (Wildman–Crippen MR) is 206 cm³/mol. The number of carboxylic acids is 2. The summed E-state index contributed by atoms with van der Waals surface area (Å²) in [7, 11) is -2.01. The van der Waals surface area contributed by atoms with Gasteiger partial charge < -0.3 is 10.2 Å². The van der Waals surface area contributed by atoms with E-state index in [4.69, 9.17) is 16.9 Å². The van der Waals surface area contributed by atoms with Crippen LogP contribution < -0.4 is 0 Å². The lowest BCUT2D eigenvalue weighted by Crippen LogP contribution is -2.47. The highest BCUT2D eigenvalue weighted by Crippen LogP contribution is 2.40. The molecule has 0 spiro atoms. The van der Waals surface area contributed by atoms with E-state index in [9.17, 15) is 19.8 Å². The largest absolute Gasteiger partial charge is 0.480 e. The van der Waals surface area contributed by atoms with Crippen molar-refractivity contribution in [3.05, 3.63) is 69.1 Å². The zero-order valence-corrected chi connectivity index (χ0v) is 32.6. The molecule has 14 heteroatoms.